The Hall–Kier alpha value is -3.03. The van der Waals surface area contributed by atoms with Crippen LogP contribution in [0.3, 0.4) is 0 Å². The lowest BCUT2D eigenvalue weighted by atomic mass is 10.1. The van der Waals surface area contributed by atoms with Crippen molar-refractivity contribution in [2.45, 2.75) is 19.8 Å². The third-order valence-corrected chi connectivity index (χ3v) is 3.50. The molecule has 0 saturated heterocycles. The molecule has 2 rings (SSSR count). The predicted molar refractivity (Wildman–Crippen MR) is 90.6 cm³/mol. The number of benzene rings is 2. The summed E-state index contributed by atoms with van der Waals surface area (Å²) < 4.78 is 44.6. The lowest BCUT2D eigenvalue weighted by Crippen LogP contribution is -2.18. The lowest BCUT2D eigenvalue weighted by Gasteiger charge is -2.13. The number of methoxy groups -OCH3 is 1. The Morgan fingerprint density at radius 2 is 1.58 bits per heavy atom. The van der Waals surface area contributed by atoms with E-state index in [1.54, 1.807) is 19.1 Å². The van der Waals surface area contributed by atoms with Gasteiger partial charge in [0.2, 0.25) is 11.8 Å². The van der Waals surface area contributed by atoms with E-state index < -0.39 is 23.4 Å². The first-order valence-electron chi connectivity index (χ1n) is 7.75. The van der Waals surface area contributed by atoms with Crippen LogP contribution in [-0.2, 0) is 16.0 Å². The van der Waals surface area contributed by atoms with Gasteiger partial charge in [0.05, 0.1) is 24.9 Å². The van der Waals surface area contributed by atoms with Crippen LogP contribution < -0.4 is 15.4 Å². The van der Waals surface area contributed by atoms with Gasteiger partial charge < -0.3 is 15.4 Å². The van der Waals surface area contributed by atoms with E-state index in [4.69, 9.17) is 4.74 Å². The molecule has 0 bridgehead atoms. The second kappa shape index (κ2) is 8.37. The van der Waals surface area contributed by atoms with Crippen LogP contribution in [0.25, 0.3) is 0 Å². The molecule has 0 aliphatic rings. The number of nitrogens with one attached hydrogen (secondary N) is 2. The largest absolute Gasteiger partial charge is 0.497 e. The Balaban J connectivity index is 2.20. The second-order valence-corrected chi connectivity index (χ2v) is 5.41. The van der Waals surface area contributed by atoms with Crippen LogP contribution >= 0.6 is 0 Å². The number of ether oxygens (including phenoxy) is 1. The van der Waals surface area contributed by atoms with Gasteiger partial charge in [0.15, 0.2) is 17.5 Å². The Kier molecular flexibility index (Phi) is 6.21. The summed E-state index contributed by atoms with van der Waals surface area (Å²) in [4.78, 5) is 23.8. The van der Waals surface area contributed by atoms with Gasteiger partial charge in [0, 0.05) is 12.5 Å². The maximum atomic E-state index is 13.3. The Morgan fingerprint density at radius 1 is 0.962 bits per heavy atom. The van der Waals surface area contributed by atoms with Crippen LogP contribution in [0.2, 0.25) is 0 Å². The SMILES string of the molecule is CCC(=O)Nc1ccc(OC)cc1NC(=O)Cc1cc(F)c(F)c(F)c1. The number of halogens is 3. The van der Waals surface area contributed by atoms with Crippen molar-refractivity contribution < 1.29 is 27.5 Å². The van der Waals surface area contributed by atoms with Crippen LogP contribution in [0.4, 0.5) is 24.5 Å². The molecule has 0 radical (unpaired) electrons. The molecule has 0 atom stereocenters. The van der Waals surface area contributed by atoms with Gasteiger partial charge in [-0.05, 0) is 29.8 Å². The van der Waals surface area contributed by atoms with E-state index in [1.165, 1.54) is 13.2 Å². The van der Waals surface area contributed by atoms with E-state index in [2.05, 4.69) is 10.6 Å². The van der Waals surface area contributed by atoms with Crippen molar-refractivity contribution >= 4 is 23.2 Å². The third-order valence-electron chi connectivity index (χ3n) is 3.50. The molecular formula is C18H17F3N2O3. The van der Waals surface area contributed by atoms with Gasteiger partial charge in [-0.1, -0.05) is 6.92 Å². The van der Waals surface area contributed by atoms with Crippen molar-refractivity contribution in [3.63, 3.8) is 0 Å². The fraction of sp³-hybridized carbons (Fsp3) is 0.222. The van der Waals surface area contributed by atoms with Gasteiger partial charge in [0.1, 0.15) is 5.75 Å². The number of carbonyl (C=O) groups is 2. The Labute approximate surface area is 148 Å². The molecule has 8 heteroatoms. The highest BCUT2D eigenvalue weighted by atomic mass is 19.2. The molecule has 0 saturated carbocycles. The van der Waals surface area contributed by atoms with Crippen molar-refractivity contribution in [2.24, 2.45) is 0 Å². The van der Waals surface area contributed by atoms with Crippen molar-refractivity contribution in [3.05, 3.63) is 53.3 Å². The fourth-order valence-electron chi connectivity index (χ4n) is 2.19. The zero-order chi connectivity index (χ0) is 19.3. The molecule has 0 aromatic heterocycles. The minimum Gasteiger partial charge on any atom is -0.497 e. The number of rotatable bonds is 6. The van der Waals surface area contributed by atoms with Gasteiger partial charge in [-0.3, -0.25) is 9.59 Å². The summed E-state index contributed by atoms with van der Waals surface area (Å²) >= 11 is 0. The van der Waals surface area contributed by atoms with E-state index in [0.717, 1.165) is 12.1 Å². The van der Waals surface area contributed by atoms with E-state index >= 15 is 0 Å². The Bertz CT molecular complexity index is 817. The molecular weight excluding hydrogens is 349 g/mol. The van der Waals surface area contributed by atoms with E-state index in [1.807, 2.05) is 0 Å². The van der Waals surface area contributed by atoms with Gasteiger partial charge in [0.25, 0.3) is 0 Å². The Morgan fingerprint density at radius 3 is 2.15 bits per heavy atom. The highest BCUT2D eigenvalue weighted by Gasteiger charge is 2.15. The summed E-state index contributed by atoms with van der Waals surface area (Å²) in [7, 11) is 1.44. The quantitative estimate of drug-likeness (QED) is 0.767. The fourth-order valence-corrected chi connectivity index (χ4v) is 2.19. The summed E-state index contributed by atoms with van der Waals surface area (Å²) in [5, 5.41) is 5.17. The van der Waals surface area contributed by atoms with E-state index in [9.17, 15) is 22.8 Å². The zero-order valence-corrected chi connectivity index (χ0v) is 14.2. The molecule has 0 spiro atoms. The van der Waals surface area contributed by atoms with Gasteiger partial charge in [-0.25, -0.2) is 13.2 Å². The topological polar surface area (TPSA) is 67.4 Å². The molecule has 0 fully saturated rings. The smallest absolute Gasteiger partial charge is 0.228 e. The van der Waals surface area contributed by atoms with E-state index in [0.29, 0.717) is 11.4 Å². The summed E-state index contributed by atoms with van der Waals surface area (Å²) in [5.41, 5.74) is 0.586. The van der Waals surface area contributed by atoms with Gasteiger partial charge >= 0.3 is 0 Å². The molecule has 26 heavy (non-hydrogen) atoms. The van der Waals surface area contributed by atoms with Gasteiger partial charge in [-0.15, -0.1) is 0 Å². The standard InChI is InChI=1S/C18H17F3N2O3/c1-3-16(24)22-14-5-4-11(26-2)9-15(14)23-17(25)8-10-6-12(19)18(21)13(20)7-10/h4-7,9H,3,8H2,1-2H3,(H,22,24)(H,23,25). The predicted octanol–water partition coefficient (Wildman–Crippen LogP) is 3.64. The van der Waals surface area contributed by atoms with Crippen molar-refractivity contribution in [2.75, 3.05) is 17.7 Å². The summed E-state index contributed by atoms with van der Waals surface area (Å²) in [5.74, 6) is -4.75. The molecule has 2 aromatic rings. The minimum absolute atomic E-state index is 0.0269. The first-order chi connectivity index (χ1) is 12.3. The van der Waals surface area contributed by atoms with Crippen molar-refractivity contribution in [1.82, 2.24) is 0 Å². The number of carbonyl (C=O) groups excluding carboxylic acids is 2. The highest BCUT2D eigenvalue weighted by Crippen LogP contribution is 2.27. The lowest BCUT2D eigenvalue weighted by molar-refractivity contribution is -0.116. The first-order valence-corrected chi connectivity index (χ1v) is 7.75. The number of anilines is 2. The molecule has 2 N–H and O–H groups in total. The molecule has 2 amide bonds. The molecule has 138 valence electrons. The molecule has 0 aliphatic carbocycles. The van der Waals surface area contributed by atoms with Crippen molar-refractivity contribution in [3.8, 4) is 5.75 Å². The average molecular weight is 366 g/mol. The number of hydrogen-bond acceptors (Lipinski definition) is 3. The first kappa shape index (κ1) is 19.3. The monoisotopic (exact) mass is 366 g/mol. The third kappa shape index (κ3) is 4.75. The van der Waals surface area contributed by atoms with Crippen molar-refractivity contribution in [1.29, 1.82) is 0 Å². The minimum atomic E-state index is -1.59. The number of amides is 2. The normalized spacial score (nSPS) is 10.3. The molecule has 0 aliphatic heterocycles. The van der Waals surface area contributed by atoms with Crippen LogP contribution in [-0.4, -0.2) is 18.9 Å². The van der Waals surface area contributed by atoms with Crippen LogP contribution in [0.15, 0.2) is 30.3 Å². The molecule has 2 aromatic carbocycles. The maximum absolute atomic E-state index is 13.3. The zero-order valence-electron chi connectivity index (χ0n) is 14.2. The molecule has 0 unspecified atom stereocenters. The van der Waals surface area contributed by atoms with Crippen LogP contribution in [0.5, 0.6) is 5.75 Å². The average Bonchev–Trinajstić information content (AvgIpc) is 2.60. The summed E-state index contributed by atoms with van der Waals surface area (Å²) in [6, 6.07) is 6.16. The summed E-state index contributed by atoms with van der Waals surface area (Å²) in [6.07, 6.45) is -0.139. The van der Waals surface area contributed by atoms with Crippen LogP contribution in [0, 0.1) is 17.5 Å². The number of hydrogen-bond donors (Lipinski definition) is 2. The maximum Gasteiger partial charge on any atom is 0.228 e. The molecule has 0 heterocycles. The van der Waals surface area contributed by atoms with Gasteiger partial charge in [-0.2, -0.15) is 0 Å². The second-order valence-electron chi connectivity index (χ2n) is 5.41. The summed E-state index contributed by atoms with van der Waals surface area (Å²) in [6.45, 7) is 1.68. The molecule has 5 nitrogen and oxygen atoms in total. The van der Waals surface area contributed by atoms with E-state index in [-0.39, 0.29) is 30.0 Å². The highest BCUT2D eigenvalue weighted by molar-refractivity contribution is 6.00. The van der Waals surface area contributed by atoms with Crippen LogP contribution in [0.1, 0.15) is 18.9 Å².